The van der Waals surface area contributed by atoms with Crippen molar-refractivity contribution in [3.63, 3.8) is 0 Å². The van der Waals surface area contributed by atoms with Crippen molar-refractivity contribution in [2.75, 3.05) is 24.6 Å². The van der Waals surface area contributed by atoms with Crippen LogP contribution in [0.1, 0.15) is 18.0 Å². The molecule has 1 heterocycles. The Bertz CT molecular complexity index is 361. The maximum atomic E-state index is 12.2. The van der Waals surface area contributed by atoms with Gasteiger partial charge in [0.2, 0.25) is 5.91 Å². The van der Waals surface area contributed by atoms with Crippen LogP contribution in [0, 0.1) is 0 Å². The molecule has 2 rings (SSSR count). The number of thioether (sulfide) groups is 1. The number of hydrogen-bond donors (Lipinski definition) is 1. The predicted octanol–water partition coefficient (Wildman–Crippen LogP) is 1.65. The molecule has 0 spiro atoms. The molecular weight excluding hydrogens is 232 g/mol. The van der Waals surface area contributed by atoms with Gasteiger partial charge in [-0.2, -0.15) is 11.8 Å². The highest BCUT2D eigenvalue weighted by Crippen LogP contribution is 2.16. The molecule has 1 aromatic carbocycles. The minimum absolute atomic E-state index is 0.0544. The molecule has 0 bridgehead atoms. The third kappa shape index (κ3) is 3.23. The van der Waals surface area contributed by atoms with Crippen LogP contribution in [-0.4, -0.2) is 35.4 Å². The molecule has 2 N–H and O–H groups in total. The fourth-order valence-corrected chi connectivity index (χ4v) is 2.85. The Morgan fingerprint density at radius 3 is 2.76 bits per heavy atom. The second kappa shape index (κ2) is 6.07. The summed E-state index contributed by atoms with van der Waals surface area (Å²) in [5.74, 6) is 2.22. The molecule has 0 unspecified atom stereocenters. The highest BCUT2D eigenvalue weighted by Gasteiger charge is 2.22. The molecular formula is C13H18N2OS. The molecule has 1 aliphatic heterocycles. The first-order chi connectivity index (χ1) is 8.29. The van der Waals surface area contributed by atoms with Crippen LogP contribution in [-0.2, 0) is 4.79 Å². The monoisotopic (exact) mass is 250 g/mol. The molecule has 0 aromatic heterocycles. The largest absolute Gasteiger partial charge is 0.340 e. The van der Waals surface area contributed by atoms with Crippen LogP contribution in [0.2, 0.25) is 0 Å². The average molecular weight is 250 g/mol. The number of rotatable bonds is 2. The first-order valence-corrected chi connectivity index (χ1v) is 7.11. The molecule has 1 atom stereocenters. The second-order valence-electron chi connectivity index (χ2n) is 4.18. The van der Waals surface area contributed by atoms with Gasteiger partial charge in [-0.25, -0.2) is 0 Å². The Hall–Kier alpha value is -1.00. The Labute approximate surface area is 106 Å². The van der Waals surface area contributed by atoms with E-state index in [0.29, 0.717) is 0 Å². The third-order valence-corrected chi connectivity index (χ3v) is 4.01. The first-order valence-electron chi connectivity index (χ1n) is 5.96. The highest BCUT2D eigenvalue weighted by molar-refractivity contribution is 7.99. The Morgan fingerprint density at radius 2 is 2.00 bits per heavy atom. The molecule has 92 valence electrons. The lowest BCUT2D eigenvalue weighted by Crippen LogP contribution is -2.39. The average Bonchev–Trinajstić information content (AvgIpc) is 2.67. The van der Waals surface area contributed by atoms with E-state index >= 15 is 0 Å². The fourth-order valence-electron chi connectivity index (χ4n) is 1.97. The molecule has 1 fully saturated rings. The maximum absolute atomic E-state index is 12.2. The van der Waals surface area contributed by atoms with Crippen LogP contribution >= 0.6 is 11.8 Å². The summed E-state index contributed by atoms with van der Waals surface area (Å²) in [7, 11) is 0. The van der Waals surface area contributed by atoms with Crippen LogP contribution in [0.4, 0.5) is 0 Å². The summed E-state index contributed by atoms with van der Waals surface area (Å²) < 4.78 is 0. The van der Waals surface area contributed by atoms with Crippen LogP contribution < -0.4 is 5.73 Å². The van der Waals surface area contributed by atoms with E-state index < -0.39 is 6.04 Å². The van der Waals surface area contributed by atoms with Crippen LogP contribution in [0.15, 0.2) is 30.3 Å². The predicted molar refractivity (Wildman–Crippen MR) is 71.9 cm³/mol. The van der Waals surface area contributed by atoms with Crippen LogP contribution in [0.25, 0.3) is 0 Å². The summed E-state index contributed by atoms with van der Waals surface area (Å²) in [5, 5.41) is 0. The third-order valence-electron chi connectivity index (χ3n) is 2.96. The van der Waals surface area contributed by atoms with Gasteiger partial charge in [-0.3, -0.25) is 4.79 Å². The van der Waals surface area contributed by atoms with E-state index in [1.165, 1.54) is 0 Å². The van der Waals surface area contributed by atoms with Gasteiger partial charge in [0.1, 0.15) is 6.04 Å². The van der Waals surface area contributed by atoms with E-state index in [9.17, 15) is 4.79 Å². The standard InChI is InChI=1S/C13H18N2OS/c14-12(11-5-2-1-3-6-11)13(16)15-7-4-9-17-10-8-15/h1-3,5-6,12H,4,7-10,14H2/t12-/m0/s1. The lowest BCUT2D eigenvalue weighted by atomic mass is 10.1. The quantitative estimate of drug-likeness (QED) is 0.868. The summed E-state index contributed by atoms with van der Waals surface area (Å²) in [6.45, 7) is 1.66. The van der Waals surface area contributed by atoms with Gasteiger partial charge in [0, 0.05) is 18.8 Å². The highest BCUT2D eigenvalue weighted by atomic mass is 32.2. The molecule has 0 aliphatic carbocycles. The molecule has 17 heavy (non-hydrogen) atoms. The molecule has 0 saturated carbocycles. The first kappa shape index (κ1) is 12.5. The van der Waals surface area contributed by atoms with Crippen molar-refractivity contribution in [1.82, 2.24) is 4.90 Å². The van der Waals surface area contributed by atoms with Gasteiger partial charge < -0.3 is 10.6 Å². The van der Waals surface area contributed by atoms with Crippen molar-refractivity contribution in [2.24, 2.45) is 5.73 Å². The van der Waals surface area contributed by atoms with E-state index in [1.807, 2.05) is 47.0 Å². The van der Waals surface area contributed by atoms with Gasteiger partial charge >= 0.3 is 0 Å². The Kier molecular flexibility index (Phi) is 4.45. The number of benzene rings is 1. The number of amides is 1. The molecule has 1 aliphatic rings. The van der Waals surface area contributed by atoms with E-state index in [2.05, 4.69) is 0 Å². The van der Waals surface area contributed by atoms with Crippen molar-refractivity contribution in [3.8, 4) is 0 Å². The van der Waals surface area contributed by atoms with E-state index in [1.54, 1.807) is 0 Å². The lowest BCUT2D eigenvalue weighted by Gasteiger charge is -2.23. The second-order valence-corrected chi connectivity index (χ2v) is 5.40. The van der Waals surface area contributed by atoms with E-state index in [-0.39, 0.29) is 5.91 Å². The molecule has 3 nitrogen and oxygen atoms in total. The molecule has 1 aromatic rings. The maximum Gasteiger partial charge on any atom is 0.244 e. The van der Waals surface area contributed by atoms with E-state index in [4.69, 9.17) is 5.73 Å². The SMILES string of the molecule is N[C@H](C(=O)N1CCCSCC1)c1ccccc1. The number of carbonyl (C=O) groups is 1. The summed E-state index contributed by atoms with van der Waals surface area (Å²) >= 11 is 1.91. The molecule has 1 amide bonds. The van der Waals surface area contributed by atoms with Crippen molar-refractivity contribution in [1.29, 1.82) is 0 Å². The van der Waals surface area contributed by atoms with Crippen molar-refractivity contribution < 1.29 is 4.79 Å². The number of carbonyl (C=O) groups excluding carboxylic acids is 1. The zero-order valence-corrected chi connectivity index (χ0v) is 10.7. The number of nitrogens with zero attached hydrogens (tertiary/aromatic N) is 1. The van der Waals surface area contributed by atoms with Crippen LogP contribution in [0.3, 0.4) is 0 Å². The van der Waals surface area contributed by atoms with Crippen LogP contribution in [0.5, 0.6) is 0 Å². The topological polar surface area (TPSA) is 46.3 Å². The molecule has 0 radical (unpaired) electrons. The summed E-state index contributed by atoms with van der Waals surface area (Å²) in [4.78, 5) is 14.1. The Morgan fingerprint density at radius 1 is 1.24 bits per heavy atom. The van der Waals surface area contributed by atoms with Gasteiger partial charge in [-0.1, -0.05) is 30.3 Å². The molecule has 4 heteroatoms. The van der Waals surface area contributed by atoms with Crippen molar-refractivity contribution >= 4 is 17.7 Å². The minimum Gasteiger partial charge on any atom is -0.340 e. The Balaban J connectivity index is 2.03. The van der Waals surface area contributed by atoms with Gasteiger partial charge in [-0.15, -0.1) is 0 Å². The zero-order chi connectivity index (χ0) is 12.1. The fraction of sp³-hybridized carbons (Fsp3) is 0.462. The zero-order valence-electron chi connectivity index (χ0n) is 9.84. The summed E-state index contributed by atoms with van der Waals surface area (Å²) in [5.41, 5.74) is 6.92. The summed E-state index contributed by atoms with van der Waals surface area (Å²) in [6, 6.07) is 9.08. The molecule has 1 saturated heterocycles. The van der Waals surface area contributed by atoms with Crippen molar-refractivity contribution in [3.05, 3.63) is 35.9 Å². The number of hydrogen-bond acceptors (Lipinski definition) is 3. The van der Waals surface area contributed by atoms with Gasteiger partial charge in [0.05, 0.1) is 0 Å². The van der Waals surface area contributed by atoms with Crippen molar-refractivity contribution in [2.45, 2.75) is 12.5 Å². The van der Waals surface area contributed by atoms with E-state index in [0.717, 1.165) is 36.6 Å². The van der Waals surface area contributed by atoms with Gasteiger partial charge in [0.25, 0.3) is 0 Å². The minimum atomic E-state index is -0.515. The lowest BCUT2D eigenvalue weighted by molar-refractivity contribution is -0.132. The smallest absolute Gasteiger partial charge is 0.244 e. The van der Waals surface area contributed by atoms with Gasteiger partial charge in [0.15, 0.2) is 0 Å². The number of nitrogens with two attached hydrogens (primary N) is 1. The van der Waals surface area contributed by atoms with Gasteiger partial charge in [-0.05, 0) is 17.7 Å². The normalized spacial score (nSPS) is 18.5. The summed E-state index contributed by atoms with van der Waals surface area (Å²) in [6.07, 6.45) is 1.07.